The minimum atomic E-state index is -1.03. The standard InChI is InChI=1S/C16H15Cl2FN4O2/c1-7(2)12-13(8(3)4-5-20-12)22-16(25)23-15(24)9-6-21-14(18)11(19)10(9)17/h4-7H,1-3H3,(H2,22,23,24,25). The zero-order valence-corrected chi connectivity index (χ0v) is 15.2. The van der Waals surface area contributed by atoms with Gasteiger partial charge in [-0.05, 0) is 24.5 Å². The quantitative estimate of drug-likeness (QED) is 0.771. The van der Waals surface area contributed by atoms with Gasteiger partial charge in [0.05, 0.1) is 22.0 Å². The van der Waals surface area contributed by atoms with Crippen LogP contribution < -0.4 is 10.6 Å². The summed E-state index contributed by atoms with van der Waals surface area (Å²) < 4.78 is 13.6. The Morgan fingerprint density at radius 1 is 1.24 bits per heavy atom. The van der Waals surface area contributed by atoms with Crippen LogP contribution in [0.3, 0.4) is 0 Å². The molecule has 0 unspecified atom stereocenters. The molecule has 0 radical (unpaired) electrons. The van der Waals surface area contributed by atoms with Gasteiger partial charge in [0.2, 0.25) is 0 Å². The van der Waals surface area contributed by atoms with E-state index < -0.39 is 27.9 Å². The Labute approximate surface area is 153 Å². The maximum atomic E-state index is 13.6. The van der Waals surface area contributed by atoms with Crippen molar-refractivity contribution in [1.82, 2.24) is 15.3 Å². The molecular weight excluding hydrogens is 370 g/mol. The Kier molecular flexibility index (Phi) is 5.92. The van der Waals surface area contributed by atoms with Crippen LogP contribution in [0, 0.1) is 12.7 Å². The molecule has 0 atom stereocenters. The average Bonchev–Trinajstić information content (AvgIpc) is 2.54. The molecule has 0 aliphatic carbocycles. The maximum absolute atomic E-state index is 13.6. The summed E-state index contributed by atoms with van der Waals surface area (Å²) in [6, 6.07) is 0.938. The number of carbonyl (C=O) groups is 2. The molecule has 0 aliphatic heterocycles. The largest absolute Gasteiger partial charge is 0.326 e. The molecule has 0 spiro atoms. The van der Waals surface area contributed by atoms with Gasteiger partial charge in [-0.2, -0.15) is 0 Å². The molecule has 0 bridgehead atoms. The lowest BCUT2D eigenvalue weighted by Gasteiger charge is -2.15. The molecule has 132 valence electrons. The van der Waals surface area contributed by atoms with Gasteiger partial charge in [0.1, 0.15) is 0 Å². The van der Waals surface area contributed by atoms with Crippen LogP contribution in [0.4, 0.5) is 14.9 Å². The van der Waals surface area contributed by atoms with Crippen LogP contribution in [0.2, 0.25) is 10.2 Å². The van der Waals surface area contributed by atoms with E-state index in [-0.39, 0.29) is 11.5 Å². The molecule has 2 N–H and O–H groups in total. The molecule has 3 amide bonds. The number of pyridine rings is 2. The summed E-state index contributed by atoms with van der Waals surface area (Å²) in [7, 11) is 0. The molecule has 6 nitrogen and oxygen atoms in total. The molecule has 0 saturated heterocycles. The predicted octanol–water partition coefficient (Wildman–Crippen LogP) is 4.32. The lowest BCUT2D eigenvalue weighted by molar-refractivity contribution is 0.0966. The number of aromatic nitrogens is 2. The van der Waals surface area contributed by atoms with Crippen LogP contribution >= 0.6 is 23.2 Å². The summed E-state index contributed by atoms with van der Waals surface area (Å²) in [4.78, 5) is 32.0. The first kappa shape index (κ1) is 19.1. The van der Waals surface area contributed by atoms with Crippen molar-refractivity contribution in [3.8, 4) is 0 Å². The van der Waals surface area contributed by atoms with E-state index in [2.05, 4.69) is 20.6 Å². The van der Waals surface area contributed by atoms with Gasteiger partial charge in [-0.1, -0.05) is 37.0 Å². The van der Waals surface area contributed by atoms with Gasteiger partial charge < -0.3 is 5.32 Å². The fourth-order valence-corrected chi connectivity index (χ4v) is 2.51. The fraction of sp³-hybridized carbons (Fsp3) is 0.250. The lowest BCUT2D eigenvalue weighted by atomic mass is 10.1. The van der Waals surface area contributed by atoms with E-state index in [1.54, 1.807) is 19.2 Å². The van der Waals surface area contributed by atoms with E-state index in [0.717, 1.165) is 11.8 Å². The molecule has 0 saturated carbocycles. The highest BCUT2D eigenvalue weighted by atomic mass is 35.5. The highest BCUT2D eigenvalue weighted by Gasteiger charge is 2.20. The maximum Gasteiger partial charge on any atom is 0.326 e. The number of carbonyl (C=O) groups excluding carboxylic acids is 2. The minimum absolute atomic E-state index is 0.0647. The Balaban J connectivity index is 2.19. The second-order valence-corrected chi connectivity index (χ2v) is 6.28. The number of anilines is 1. The first-order chi connectivity index (χ1) is 11.7. The molecule has 0 fully saturated rings. The molecule has 2 aromatic rings. The van der Waals surface area contributed by atoms with Gasteiger partial charge in [-0.3, -0.25) is 15.1 Å². The smallest absolute Gasteiger partial charge is 0.306 e. The molecule has 9 heteroatoms. The number of urea groups is 1. The zero-order valence-electron chi connectivity index (χ0n) is 13.7. The van der Waals surface area contributed by atoms with Gasteiger partial charge >= 0.3 is 6.03 Å². The number of amides is 3. The zero-order chi connectivity index (χ0) is 18.7. The molecule has 2 rings (SSSR count). The molecule has 25 heavy (non-hydrogen) atoms. The third-order valence-electron chi connectivity index (χ3n) is 3.36. The summed E-state index contributed by atoms with van der Waals surface area (Å²) in [6.45, 7) is 5.66. The van der Waals surface area contributed by atoms with Crippen molar-refractivity contribution >= 4 is 40.8 Å². The third-order valence-corrected chi connectivity index (χ3v) is 4.00. The molecular formula is C16H15Cl2FN4O2. The Morgan fingerprint density at radius 2 is 1.92 bits per heavy atom. The first-order valence-corrected chi connectivity index (χ1v) is 8.05. The Hall–Kier alpha value is -2.25. The van der Waals surface area contributed by atoms with Gasteiger partial charge in [0, 0.05) is 12.4 Å². The molecule has 2 heterocycles. The number of hydrogen-bond acceptors (Lipinski definition) is 4. The average molecular weight is 385 g/mol. The topological polar surface area (TPSA) is 84.0 Å². The number of rotatable bonds is 3. The van der Waals surface area contributed by atoms with Crippen molar-refractivity contribution in [2.75, 3.05) is 5.32 Å². The summed E-state index contributed by atoms with van der Waals surface area (Å²) in [5.74, 6) is -1.87. The number of nitrogens with zero attached hydrogens (tertiary/aromatic N) is 2. The van der Waals surface area contributed by atoms with Crippen LogP contribution in [0.25, 0.3) is 0 Å². The van der Waals surface area contributed by atoms with E-state index in [9.17, 15) is 14.0 Å². The van der Waals surface area contributed by atoms with Crippen molar-refractivity contribution < 1.29 is 14.0 Å². The van der Waals surface area contributed by atoms with Crippen molar-refractivity contribution in [1.29, 1.82) is 0 Å². The number of halogens is 3. The van der Waals surface area contributed by atoms with Gasteiger partial charge in [-0.25, -0.2) is 14.2 Å². The van der Waals surface area contributed by atoms with Crippen LogP contribution in [-0.2, 0) is 0 Å². The summed E-state index contributed by atoms with van der Waals surface area (Å²) in [5, 5.41) is 3.70. The van der Waals surface area contributed by atoms with Crippen molar-refractivity contribution in [3.05, 3.63) is 51.3 Å². The van der Waals surface area contributed by atoms with Crippen molar-refractivity contribution in [2.45, 2.75) is 26.7 Å². The summed E-state index contributed by atoms with van der Waals surface area (Å²) in [5.41, 5.74) is 1.68. The minimum Gasteiger partial charge on any atom is -0.306 e. The van der Waals surface area contributed by atoms with E-state index >= 15 is 0 Å². The van der Waals surface area contributed by atoms with Crippen LogP contribution in [0.1, 0.15) is 41.4 Å². The number of imide groups is 1. The SMILES string of the molecule is Cc1ccnc(C(C)C)c1NC(=O)NC(=O)c1cnc(Cl)c(F)c1Cl. The third kappa shape index (κ3) is 4.24. The summed E-state index contributed by atoms with van der Waals surface area (Å²) in [6.07, 6.45) is 2.63. The molecule has 0 aromatic carbocycles. The second kappa shape index (κ2) is 7.76. The predicted molar refractivity (Wildman–Crippen MR) is 93.8 cm³/mol. The van der Waals surface area contributed by atoms with Crippen LogP contribution in [0.15, 0.2) is 18.5 Å². The Bertz CT molecular complexity index is 843. The van der Waals surface area contributed by atoms with E-state index in [1.807, 2.05) is 13.8 Å². The number of nitrogens with one attached hydrogen (secondary N) is 2. The normalized spacial score (nSPS) is 10.7. The highest BCUT2D eigenvalue weighted by molar-refractivity contribution is 6.36. The molecule has 0 aliphatic rings. The first-order valence-electron chi connectivity index (χ1n) is 7.29. The Morgan fingerprint density at radius 3 is 2.56 bits per heavy atom. The van der Waals surface area contributed by atoms with Crippen LogP contribution in [0.5, 0.6) is 0 Å². The monoisotopic (exact) mass is 384 g/mol. The lowest BCUT2D eigenvalue weighted by Crippen LogP contribution is -2.35. The van der Waals surface area contributed by atoms with Crippen molar-refractivity contribution in [3.63, 3.8) is 0 Å². The number of hydrogen-bond donors (Lipinski definition) is 2. The molecule has 2 aromatic heterocycles. The van der Waals surface area contributed by atoms with Gasteiger partial charge in [0.25, 0.3) is 5.91 Å². The van der Waals surface area contributed by atoms with Gasteiger partial charge in [-0.15, -0.1) is 0 Å². The highest BCUT2D eigenvalue weighted by Crippen LogP contribution is 2.26. The van der Waals surface area contributed by atoms with E-state index in [0.29, 0.717) is 11.4 Å². The number of aryl methyl sites for hydroxylation is 1. The fourth-order valence-electron chi connectivity index (χ4n) is 2.10. The van der Waals surface area contributed by atoms with Gasteiger partial charge in [0.15, 0.2) is 11.0 Å². The van der Waals surface area contributed by atoms with E-state index in [4.69, 9.17) is 23.2 Å². The van der Waals surface area contributed by atoms with Crippen LogP contribution in [-0.4, -0.2) is 21.9 Å². The van der Waals surface area contributed by atoms with Crippen molar-refractivity contribution in [2.24, 2.45) is 0 Å². The van der Waals surface area contributed by atoms with E-state index in [1.165, 1.54) is 0 Å². The second-order valence-electron chi connectivity index (χ2n) is 5.54. The summed E-state index contributed by atoms with van der Waals surface area (Å²) >= 11 is 11.2.